The summed E-state index contributed by atoms with van der Waals surface area (Å²) in [6, 6.07) is 9.81. The fourth-order valence-electron chi connectivity index (χ4n) is 3.24. The molecule has 2 aromatic rings. The minimum absolute atomic E-state index is 0.0552. The second kappa shape index (κ2) is 8.73. The van der Waals surface area contributed by atoms with E-state index in [-0.39, 0.29) is 44.1 Å². The van der Waals surface area contributed by atoms with Gasteiger partial charge in [-0.05, 0) is 29.3 Å². The van der Waals surface area contributed by atoms with Crippen molar-refractivity contribution in [3.63, 3.8) is 0 Å². The van der Waals surface area contributed by atoms with Crippen LogP contribution in [0.2, 0.25) is 0 Å². The van der Waals surface area contributed by atoms with Crippen molar-refractivity contribution in [1.82, 2.24) is 9.21 Å². The molecule has 1 fully saturated rings. The Bertz CT molecular complexity index is 999. The molecule has 1 saturated heterocycles. The molecular formula is C20H20F4N2O3S. The summed E-state index contributed by atoms with van der Waals surface area (Å²) in [5.74, 6) is -1.14. The summed E-state index contributed by atoms with van der Waals surface area (Å²) in [7, 11) is -3.83. The van der Waals surface area contributed by atoms with E-state index in [0.29, 0.717) is 5.56 Å². The maximum Gasteiger partial charge on any atom is 0.416 e. The Balaban J connectivity index is 1.58. The summed E-state index contributed by atoms with van der Waals surface area (Å²) < 4.78 is 77.9. The van der Waals surface area contributed by atoms with Crippen LogP contribution in [0.1, 0.15) is 16.7 Å². The van der Waals surface area contributed by atoms with Gasteiger partial charge >= 0.3 is 6.18 Å². The minimum atomic E-state index is -4.55. The number of halogens is 4. The molecule has 0 saturated carbocycles. The van der Waals surface area contributed by atoms with E-state index < -0.39 is 33.3 Å². The summed E-state index contributed by atoms with van der Waals surface area (Å²) in [5.41, 5.74) is -0.188. The van der Waals surface area contributed by atoms with E-state index in [1.54, 1.807) is 0 Å². The number of sulfonamides is 1. The largest absolute Gasteiger partial charge is 0.416 e. The number of carbonyl (C=O) groups is 1. The van der Waals surface area contributed by atoms with E-state index in [2.05, 4.69) is 0 Å². The number of amides is 1. The zero-order valence-electron chi connectivity index (χ0n) is 15.9. The first-order chi connectivity index (χ1) is 14.0. The van der Waals surface area contributed by atoms with Gasteiger partial charge in [0.2, 0.25) is 15.9 Å². The molecule has 0 aliphatic carbocycles. The maximum absolute atomic E-state index is 13.0. The Labute approximate surface area is 172 Å². The van der Waals surface area contributed by atoms with Crippen molar-refractivity contribution in [3.8, 4) is 0 Å². The minimum Gasteiger partial charge on any atom is -0.340 e. The Morgan fingerprint density at radius 1 is 0.933 bits per heavy atom. The highest BCUT2D eigenvalue weighted by atomic mass is 32.2. The zero-order chi connectivity index (χ0) is 21.9. The lowest BCUT2D eigenvalue weighted by Gasteiger charge is -2.34. The molecule has 10 heteroatoms. The van der Waals surface area contributed by atoms with E-state index in [9.17, 15) is 30.8 Å². The van der Waals surface area contributed by atoms with Crippen molar-refractivity contribution in [2.45, 2.75) is 18.3 Å². The van der Waals surface area contributed by atoms with Gasteiger partial charge in [-0.3, -0.25) is 4.79 Å². The fourth-order valence-corrected chi connectivity index (χ4v) is 4.75. The molecule has 162 valence electrons. The van der Waals surface area contributed by atoms with Gasteiger partial charge in [-0.15, -0.1) is 0 Å². The van der Waals surface area contributed by atoms with Gasteiger partial charge in [0, 0.05) is 26.2 Å². The molecule has 30 heavy (non-hydrogen) atoms. The van der Waals surface area contributed by atoms with E-state index in [0.717, 1.165) is 12.1 Å². The van der Waals surface area contributed by atoms with Crippen molar-refractivity contribution in [3.05, 3.63) is 71.0 Å². The average Bonchev–Trinajstić information content (AvgIpc) is 2.69. The number of hydrogen-bond donors (Lipinski definition) is 0. The molecule has 1 amide bonds. The Morgan fingerprint density at radius 2 is 1.57 bits per heavy atom. The normalized spacial score (nSPS) is 15.9. The fraction of sp³-hybridized carbons (Fsp3) is 0.350. The van der Waals surface area contributed by atoms with E-state index >= 15 is 0 Å². The Morgan fingerprint density at radius 3 is 2.17 bits per heavy atom. The highest BCUT2D eigenvalue weighted by Crippen LogP contribution is 2.30. The van der Waals surface area contributed by atoms with Gasteiger partial charge in [-0.25, -0.2) is 12.8 Å². The third-order valence-corrected chi connectivity index (χ3v) is 6.71. The number of hydrogen-bond acceptors (Lipinski definition) is 3. The first kappa shape index (κ1) is 22.2. The van der Waals surface area contributed by atoms with Crippen molar-refractivity contribution < 1.29 is 30.8 Å². The highest BCUT2D eigenvalue weighted by Gasteiger charge is 2.32. The Hall–Kier alpha value is -2.46. The first-order valence-corrected chi connectivity index (χ1v) is 10.8. The SMILES string of the molecule is O=C(Cc1ccc(F)cc1)N1CCN(S(=O)(=O)Cc2cccc(C(F)(F)F)c2)CC1. The monoisotopic (exact) mass is 444 g/mol. The van der Waals surface area contributed by atoms with Crippen LogP contribution in [0.5, 0.6) is 0 Å². The summed E-state index contributed by atoms with van der Waals surface area (Å²) in [4.78, 5) is 13.9. The van der Waals surface area contributed by atoms with Crippen LogP contribution in [0.25, 0.3) is 0 Å². The molecule has 1 aliphatic rings. The van der Waals surface area contributed by atoms with E-state index in [1.165, 1.54) is 45.6 Å². The molecule has 2 aromatic carbocycles. The van der Waals surface area contributed by atoms with Crippen LogP contribution in [0.3, 0.4) is 0 Å². The molecule has 0 N–H and O–H groups in total. The second-order valence-corrected chi connectivity index (χ2v) is 9.01. The van der Waals surface area contributed by atoms with E-state index in [4.69, 9.17) is 0 Å². The van der Waals surface area contributed by atoms with Gasteiger partial charge < -0.3 is 4.90 Å². The van der Waals surface area contributed by atoms with Gasteiger partial charge in [0.05, 0.1) is 17.7 Å². The number of carbonyl (C=O) groups excluding carboxylic acids is 1. The van der Waals surface area contributed by atoms with Crippen molar-refractivity contribution in [2.24, 2.45) is 0 Å². The van der Waals surface area contributed by atoms with Gasteiger partial charge in [0.25, 0.3) is 0 Å². The lowest BCUT2D eigenvalue weighted by Crippen LogP contribution is -2.51. The molecule has 0 spiro atoms. The summed E-state index contributed by atoms with van der Waals surface area (Å²) in [6.45, 7) is 0.497. The predicted octanol–water partition coefficient (Wildman–Crippen LogP) is 3.06. The van der Waals surface area contributed by atoms with Crippen LogP contribution in [-0.4, -0.2) is 49.7 Å². The van der Waals surface area contributed by atoms with Crippen LogP contribution in [0.4, 0.5) is 17.6 Å². The Kier molecular flexibility index (Phi) is 6.47. The van der Waals surface area contributed by atoms with Gasteiger partial charge in [-0.2, -0.15) is 17.5 Å². The van der Waals surface area contributed by atoms with Crippen LogP contribution >= 0.6 is 0 Å². The smallest absolute Gasteiger partial charge is 0.340 e. The lowest BCUT2D eigenvalue weighted by atomic mass is 10.1. The molecule has 1 aliphatic heterocycles. The van der Waals surface area contributed by atoms with Crippen molar-refractivity contribution >= 4 is 15.9 Å². The topological polar surface area (TPSA) is 57.7 Å². The molecule has 3 rings (SSSR count). The van der Waals surface area contributed by atoms with Crippen LogP contribution in [-0.2, 0) is 33.2 Å². The molecule has 0 unspecified atom stereocenters. The molecule has 0 aromatic heterocycles. The quantitative estimate of drug-likeness (QED) is 0.667. The summed E-state index contributed by atoms with van der Waals surface area (Å²) in [6.07, 6.45) is -4.46. The molecule has 5 nitrogen and oxygen atoms in total. The highest BCUT2D eigenvalue weighted by molar-refractivity contribution is 7.88. The third kappa shape index (κ3) is 5.57. The third-order valence-electron chi connectivity index (χ3n) is 4.86. The number of nitrogens with zero attached hydrogens (tertiary/aromatic N) is 2. The van der Waals surface area contributed by atoms with Gasteiger partial charge in [0.15, 0.2) is 0 Å². The predicted molar refractivity (Wildman–Crippen MR) is 102 cm³/mol. The first-order valence-electron chi connectivity index (χ1n) is 9.21. The lowest BCUT2D eigenvalue weighted by molar-refractivity contribution is -0.137. The summed E-state index contributed by atoms with van der Waals surface area (Å²) >= 11 is 0. The standard InChI is InChI=1S/C20H20F4N2O3S/c21-18-6-4-15(5-7-18)13-19(27)25-8-10-26(11-9-25)30(28,29)14-16-2-1-3-17(12-16)20(22,23)24/h1-7,12H,8-11,13-14H2. The average molecular weight is 444 g/mol. The van der Waals surface area contributed by atoms with Crippen LogP contribution in [0.15, 0.2) is 48.5 Å². The number of alkyl halides is 3. The second-order valence-electron chi connectivity index (χ2n) is 7.04. The number of piperazine rings is 1. The number of benzene rings is 2. The molecule has 0 bridgehead atoms. The van der Waals surface area contributed by atoms with Gasteiger partial charge in [-0.1, -0.05) is 30.3 Å². The van der Waals surface area contributed by atoms with Crippen LogP contribution in [0, 0.1) is 5.82 Å². The molecule has 1 heterocycles. The summed E-state index contributed by atoms with van der Waals surface area (Å²) in [5, 5.41) is 0. The van der Waals surface area contributed by atoms with Crippen LogP contribution < -0.4 is 0 Å². The molecule has 0 atom stereocenters. The van der Waals surface area contributed by atoms with Crippen molar-refractivity contribution in [1.29, 1.82) is 0 Å². The van der Waals surface area contributed by atoms with Gasteiger partial charge in [0.1, 0.15) is 5.82 Å². The molecular weight excluding hydrogens is 424 g/mol. The van der Waals surface area contributed by atoms with Crippen molar-refractivity contribution in [2.75, 3.05) is 26.2 Å². The van der Waals surface area contributed by atoms with E-state index in [1.807, 2.05) is 0 Å². The number of rotatable bonds is 5. The maximum atomic E-state index is 13.0. The zero-order valence-corrected chi connectivity index (χ0v) is 16.7. The molecule has 0 radical (unpaired) electrons.